The molecule has 1 heterocycles. The molecule has 0 bridgehead atoms. The highest BCUT2D eigenvalue weighted by Gasteiger charge is 2.16. The molecule has 1 N–H and O–H groups in total. The van der Waals surface area contributed by atoms with E-state index in [0.29, 0.717) is 22.3 Å². The molecule has 8 nitrogen and oxygen atoms in total. The number of hydrogen-bond acceptors (Lipinski definition) is 7. The van der Waals surface area contributed by atoms with Gasteiger partial charge in [-0.25, -0.2) is 0 Å². The van der Waals surface area contributed by atoms with Crippen molar-refractivity contribution < 1.29 is 14.3 Å². The van der Waals surface area contributed by atoms with Crippen molar-refractivity contribution in [2.45, 2.75) is 24.4 Å². The van der Waals surface area contributed by atoms with Crippen LogP contribution in [0.5, 0.6) is 11.5 Å². The molecular formula is C20H21N5O3S. The molecule has 1 amide bonds. The Bertz CT molecular complexity index is 1010. The van der Waals surface area contributed by atoms with E-state index in [0.717, 1.165) is 18.5 Å². The molecule has 0 saturated heterocycles. The largest absolute Gasteiger partial charge is 0.497 e. The van der Waals surface area contributed by atoms with E-state index < -0.39 is 0 Å². The minimum atomic E-state index is -0.172. The number of methoxy groups -OCH3 is 2. The lowest BCUT2D eigenvalue weighted by Gasteiger charge is -2.10. The van der Waals surface area contributed by atoms with Crippen molar-refractivity contribution in [1.29, 1.82) is 0 Å². The summed E-state index contributed by atoms with van der Waals surface area (Å²) in [7, 11) is 3.13. The second-order valence-corrected chi connectivity index (χ2v) is 7.56. The molecule has 1 aromatic heterocycles. The van der Waals surface area contributed by atoms with Gasteiger partial charge in [0.15, 0.2) is 0 Å². The molecule has 9 heteroatoms. The lowest BCUT2D eigenvalue weighted by molar-refractivity contribution is -0.113. The van der Waals surface area contributed by atoms with Gasteiger partial charge in [0.25, 0.3) is 0 Å². The van der Waals surface area contributed by atoms with Crippen LogP contribution >= 0.6 is 11.8 Å². The minimum Gasteiger partial charge on any atom is -0.497 e. The van der Waals surface area contributed by atoms with E-state index in [4.69, 9.17) is 9.47 Å². The van der Waals surface area contributed by atoms with Gasteiger partial charge < -0.3 is 14.8 Å². The average Bonchev–Trinajstić information content (AvgIpc) is 3.40. The highest BCUT2D eigenvalue weighted by molar-refractivity contribution is 7.99. The van der Waals surface area contributed by atoms with Crippen LogP contribution in [0.25, 0.3) is 5.69 Å². The first-order valence-electron chi connectivity index (χ1n) is 9.22. The van der Waals surface area contributed by atoms with Crippen LogP contribution in [0, 0.1) is 0 Å². The second kappa shape index (κ2) is 8.52. The molecule has 0 spiro atoms. The molecule has 0 saturated carbocycles. The highest BCUT2D eigenvalue weighted by atomic mass is 32.2. The Kier molecular flexibility index (Phi) is 5.66. The zero-order valence-corrected chi connectivity index (χ0v) is 17.0. The van der Waals surface area contributed by atoms with Gasteiger partial charge in [0, 0.05) is 23.9 Å². The molecule has 1 aliphatic rings. The molecule has 150 valence electrons. The van der Waals surface area contributed by atoms with Crippen LogP contribution in [0.1, 0.15) is 17.5 Å². The van der Waals surface area contributed by atoms with Gasteiger partial charge in [-0.15, -0.1) is 5.10 Å². The summed E-state index contributed by atoms with van der Waals surface area (Å²) in [5, 5.41) is 15.4. The van der Waals surface area contributed by atoms with Gasteiger partial charge >= 0.3 is 0 Å². The lowest BCUT2D eigenvalue weighted by Crippen LogP contribution is -2.14. The van der Waals surface area contributed by atoms with Gasteiger partial charge in [-0.2, -0.15) is 4.68 Å². The molecule has 4 rings (SSSR count). The van der Waals surface area contributed by atoms with E-state index in [1.165, 1.54) is 29.3 Å². The number of carbonyl (C=O) groups is 1. The molecular weight excluding hydrogens is 390 g/mol. The molecule has 0 radical (unpaired) electrons. The van der Waals surface area contributed by atoms with E-state index >= 15 is 0 Å². The van der Waals surface area contributed by atoms with Crippen LogP contribution in [0.2, 0.25) is 0 Å². The fraction of sp³-hybridized carbons (Fsp3) is 0.300. The highest BCUT2D eigenvalue weighted by Crippen LogP contribution is 2.27. The molecule has 0 aliphatic heterocycles. The number of hydrogen-bond donors (Lipinski definition) is 1. The van der Waals surface area contributed by atoms with Crippen molar-refractivity contribution in [2.75, 3.05) is 25.3 Å². The lowest BCUT2D eigenvalue weighted by atomic mass is 10.1. The maximum atomic E-state index is 12.4. The Labute approximate surface area is 172 Å². The number of thioether (sulfide) groups is 1. The molecule has 3 aromatic rings. The number of anilines is 1. The summed E-state index contributed by atoms with van der Waals surface area (Å²) in [6, 6.07) is 11.5. The van der Waals surface area contributed by atoms with Crippen LogP contribution in [0.3, 0.4) is 0 Å². The van der Waals surface area contributed by atoms with Crippen molar-refractivity contribution >= 4 is 23.4 Å². The van der Waals surface area contributed by atoms with Crippen molar-refractivity contribution in [3.05, 3.63) is 47.5 Å². The normalized spacial score (nSPS) is 12.5. The second-order valence-electron chi connectivity index (χ2n) is 6.62. The van der Waals surface area contributed by atoms with Gasteiger partial charge in [0.05, 0.1) is 25.7 Å². The standard InChI is InChI=1S/C20H21N5O3S/c1-27-17-9-15(10-18(11-17)28-2)21-19(26)12-29-20-22-23-24-25(20)16-7-6-13-4-3-5-14(13)8-16/h6-11H,3-5,12H2,1-2H3,(H,21,26). The van der Waals surface area contributed by atoms with E-state index in [1.54, 1.807) is 37.1 Å². The van der Waals surface area contributed by atoms with Crippen LogP contribution in [-0.4, -0.2) is 46.1 Å². The number of benzene rings is 2. The van der Waals surface area contributed by atoms with Gasteiger partial charge in [0.1, 0.15) is 11.5 Å². The predicted molar refractivity (Wildman–Crippen MR) is 110 cm³/mol. The smallest absolute Gasteiger partial charge is 0.234 e. The van der Waals surface area contributed by atoms with Gasteiger partial charge in [-0.1, -0.05) is 17.8 Å². The van der Waals surface area contributed by atoms with Crippen molar-refractivity contribution in [3.8, 4) is 17.2 Å². The molecule has 29 heavy (non-hydrogen) atoms. The van der Waals surface area contributed by atoms with E-state index in [9.17, 15) is 4.79 Å². The third-order valence-electron chi connectivity index (χ3n) is 4.74. The van der Waals surface area contributed by atoms with Crippen molar-refractivity contribution in [2.24, 2.45) is 0 Å². The van der Waals surface area contributed by atoms with Gasteiger partial charge in [0.2, 0.25) is 11.1 Å². The monoisotopic (exact) mass is 411 g/mol. The number of nitrogens with one attached hydrogen (secondary N) is 1. The first-order chi connectivity index (χ1) is 14.2. The van der Waals surface area contributed by atoms with Crippen molar-refractivity contribution in [1.82, 2.24) is 20.2 Å². The van der Waals surface area contributed by atoms with E-state index in [-0.39, 0.29) is 11.7 Å². The maximum Gasteiger partial charge on any atom is 0.234 e. The van der Waals surface area contributed by atoms with Gasteiger partial charge in [-0.3, -0.25) is 4.79 Å². The Morgan fingerprint density at radius 1 is 1.10 bits per heavy atom. The summed E-state index contributed by atoms with van der Waals surface area (Å²) in [6.45, 7) is 0. The Morgan fingerprint density at radius 2 is 1.86 bits per heavy atom. The quantitative estimate of drug-likeness (QED) is 0.598. The number of aryl methyl sites for hydroxylation is 2. The van der Waals surface area contributed by atoms with Crippen LogP contribution in [0.4, 0.5) is 5.69 Å². The van der Waals surface area contributed by atoms with E-state index in [2.05, 4.69) is 33.0 Å². The summed E-state index contributed by atoms with van der Waals surface area (Å²) in [5.41, 5.74) is 4.25. The zero-order valence-electron chi connectivity index (χ0n) is 16.2. The third kappa shape index (κ3) is 4.34. The zero-order chi connectivity index (χ0) is 20.2. The number of fused-ring (bicyclic) bond motifs is 1. The van der Waals surface area contributed by atoms with Crippen LogP contribution in [0.15, 0.2) is 41.6 Å². The number of tetrazole rings is 1. The maximum absolute atomic E-state index is 12.4. The summed E-state index contributed by atoms with van der Waals surface area (Å²) in [4.78, 5) is 12.4. The average molecular weight is 411 g/mol. The number of carbonyl (C=O) groups excluding carboxylic acids is 1. The number of rotatable bonds is 7. The summed E-state index contributed by atoms with van der Waals surface area (Å²) in [5.74, 6) is 1.21. The molecule has 1 aliphatic carbocycles. The SMILES string of the molecule is COc1cc(NC(=O)CSc2nnnn2-c2ccc3c(c2)CCC3)cc(OC)c1. The first kappa shape index (κ1) is 19.3. The van der Waals surface area contributed by atoms with Crippen LogP contribution < -0.4 is 14.8 Å². The topological polar surface area (TPSA) is 91.2 Å². The van der Waals surface area contributed by atoms with Crippen molar-refractivity contribution in [3.63, 3.8) is 0 Å². The molecule has 0 unspecified atom stereocenters. The van der Waals surface area contributed by atoms with Gasteiger partial charge in [-0.05, 0) is 52.9 Å². The third-order valence-corrected chi connectivity index (χ3v) is 5.65. The number of ether oxygens (including phenoxy) is 2. The molecule has 0 fully saturated rings. The number of nitrogens with zero attached hydrogens (tertiary/aromatic N) is 4. The minimum absolute atomic E-state index is 0.171. The number of aromatic nitrogens is 4. The first-order valence-corrected chi connectivity index (χ1v) is 10.2. The number of amides is 1. The predicted octanol–water partition coefficient (Wildman–Crippen LogP) is 2.90. The Hall–Kier alpha value is -3.07. The summed E-state index contributed by atoms with van der Waals surface area (Å²) < 4.78 is 12.1. The molecule has 2 aromatic carbocycles. The fourth-order valence-corrected chi connectivity index (χ4v) is 4.02. The summed E-state index contributed by atoms with van der Waals surface area (Å²) in [6.07, 6.45) is 3.40. The van der Waals surface area contributed by atoms with E-state index in [1.807, 2.05) is 6.07 Å². The Morgan fingerprint density at radius 3 is 2.62 bits per heavy atom. The van der Waals surface area contributed by atoms with Crippen LogP contribution in [-0.2, 0) is 17.6 Å². The molecule has 0 atom stereocenters. The fourth-order valence-electron chi connectivity index (χ4n) is 3.33. The summed E-state index contributed by atoms with van der Waals surface area (Å²) >= 11 is 1.28. The Balaban J connectivity index is 1.43.